The number of allylic oxidation sites excluding steroid dienone is 3. The number of aliphatic imine (C=N–C) groups is 1. The summed E-state index contributed by atoms with van der Waals surface area (Å²) in [5.74, 6) is -0.331. The molecule has 31 heavy (non-hydrogen) atoms. The van der Waals surface area contributed by atoms with Crippen molar-refractivity contribution in [1.82, 2.24) is 4.98 Å². The van der Waals surface area contributed by atoms with Crippen LogP contribution < -0.4 is 21.5 Å². The molecule has 1 aromatic heterocycles. The van der Waals surface area contributed by atoms with Crippen molar-refractivity contribution in [2.24, 2.45) is 16.5 Å². The van der Waals surface area contributed by atoms with Crippen molar-refractivity contribution >= 4 is 23.3 Å². The van der Waals surface area contributed by atoms with E-state index in [9.17, 15) is 22.0 Å². The van der Waals surface area contributed by atoms with Gasteiger partial charge in [-0.15, -0.1) is 0 Å². The number of nitrogens with two attached hydrogens (primary N) is 2. The summed E-state index contributed by atoms with van der Waals surface area (Å²) in [6.45, 7) is 1.36. The molecular formula is C19H23F5N6O. The third kappa shape index (κ3) is 8.84. The topological polar surface area (TPSA) is 122 Å². The summed E-state index contributed by atoms with van der Waals surface area (Å²) in [5, 5.41) is 10.2. The van der Waals surface area contributed by atoms with E-state index in [-0.39, 0.29) is 28.5 Å². The van der Waals surface area contributed by atoms with Gasteiger partial charge in [-0.1, -0.05) is 13.0 Å². The molecule has 0 amide bonds. The highest BCUT2D eigenvalue weighted by Gasteiger charge is 2.29. The van der Waals surface area contributed by atoms with Gasteiger partial charge in [-0.25, -0.2) is 18.8 Å². The second-order valence-electron chi connectivity index (χ2n) is 6.05. The van der Waals surface area contributed by atoms with Crippen LogP contribution in [0.1, 0.15) is 25.8 Å². The maximum absolute atomic E-state index is 12.6. The lowest BCUT2D eigenvalue weighted by Gasteiger charge is -2.15. The molecule has 6 N–H and O–H groups in total. The quantitative estimate of drug-likeness (QED) is 0.244. The van der Waals surface area contributed by atoms with E-state index in [0.29, 0.717) is 12.1 Å². The van der Waals surface area contributed by atoms with Gasteiger partial charge in [-0.3, -0.25) is 0 Å². The van der Waals surface area contributed by atoms with Crippen molar-refractivity contribution < 1.29 is 26.7 Å². The van der Waals surface area contributed by atoms with Gasteiger partial charge >= 0.3 is 6.18 Å². The van der Waals surface area contributed by atoms with E-state index in [2.05, 4.69) is 15.3 Å². The number of halogens is 5. The average Bonchev–Trinajstić information content (AvgIpc) is 2.67. The highest BCUT2D eigenvalue weighted by molar-refractivity contribution is 6.09. The number of nitrogens with one attached hydrogen (secondary N) is 2. The van der Waals surface area contributed by atoms with Crippen LogP contribution in [-0.4, -0.2) is 36.1 Å². The average molecular weight is 446 g/mol. The lowest BCUT2D eigenvalue weighted by molar-refractivity contribution is -0.153. The van der Waals surface area contributed by atoms with Gasteiger partial charge in [0.1, 0.15) is 17.4 Å². The van der Waals surface area contributed by atoms with Crippen molar-refractivity contribution in [3.05, 3.63) is 47.7 Å². The first-order valence-electron chi connectivity index (χ1n) is 8.90. The van der Waals surface area contributed by atoms with Crippen LogP contribution in [0.2, 0.25) is 0 Å². The highest BCUT2D eigenvalue weighted by atomic mass is 19.4. The number of alkyl halides is 5. The Hall–Kier alpha value is -3.44. The van der Waals surface area contributed by atoms with Crippen LogP contribution in [0.4, 0.5) is 27.8 Å². The summed E-state index contributed by atoms with van der Waals surface area (Å²) >= 11 is 0. The minimum Gasteiger partial charge on any atom is -0.483 e. The fourth-order valence-electron chi connectivity index (χ4n) is 2.17. The Bertz CT molecular complexity index is 890. The van der Waals surface area contributed by atoms with Crippen LogP contribution >= 0.6 is 0 Å². The van der Waals surface area contributed by atoms with Gasteiger partial charge in [-0.2, -0.15) is 13.2 Å². The maximum atomic E-state index is 12.6. The van der Waals surface area contributed by atoms with Crippen molar-refractivity contribution in [3.8, 4) is 5.75 Å². The molecule has 1 heterocycles. The Morgan fingerprint density at radius 1 is 1.39 bits per heavy atom. The molecule has 0 aliphatic heterocycles. The number of hydrogen-bond donors (Lipinski definition) is 4. The first-order chi connectivity index (χ1) is 14.5. The van der Waals surface area contributed by atoms with Crippen molar-refractivity contribution in [1.29, 1.82) is 5.41 Å². The van der Waals surface area contributed by atoms with E-state index in [1.54, 1.807) is 13.0 Å². The number of aromatic nitrogens is 1. The number of hydrogen-bond acceptors (Lipinski definition) is 7. The monoisotopic (exact) mass is 446 g/mol. The minimum absolute atomic E-state index is 0.0838. The first-order valence-corrected chi connectivity index (χ1v) is 8.90. The lowest BCUT2D eigenvalue weighted by atomic mass is 10.1. The Kier molecular flexibility index (Phi) is 9.64. The first kappa shape index (κ1) is 25.6. The molecule has 7 nitrogen and oxygen atoms in total. The second-order valence-corrected chi connectivity index (χ2v) is 6.05. The number of anilines is 1. The van der Waals surface area contributed by atoms with Gasteiger partial charge in [0, 0.05) is 47.6 Å². The van der Waals surface area contributed by atoms with Crippen LogP contribution in [0.25, 0.3) is 5.57 Å². The van der Waals surface area contributed by atoms with Gasteiger partial charge < -0.3 is 26.9 Å². The Morgan fingerprint density at radius 2 is 2.06 bits per heavy atom. The van der Waals surface area contributed by atoms with Crippen LogP contribution in [0.3, 0.4) is 0 Å². The molecular weight excluding hydrogens is 423 g/mol. The third-order valence-electron chi connectivity index (χ3n) is 3.52. The van der Waals surface area contributed by atoms with E-state index < -0.39 is 24.9 Å². The SMILES string of the molecule is CC/C=C(/C=C(N)\N=C(/C)C(F)F)Nc1cc(OCC(F)(F)F)c(/C(C=N)=C/N)cn1. The zero-order chi connectivity index (χ0) is 23.6. The Balaban J connectivity index is 3.28. The number of pyridine rings is 1. The Labute approximate surface area is 175 Å². The summed E-state index contributed by atoms with van der Waals surface area (Å²) in [6.07, 6.45) is -0.831. The molecule has 12 heteroatoms. The van der Waals surface area contributed by atoms with Crippen LogP contribution in [0.5, 0.6) is 5.75 Å². The molecule has 0 radical (unpaired) electrons. The standard InChI is InChI=1S/C19H23F5N6O/c1-3-4-13(5-16(27)29-11(2)18(20)21)30-17-6-15(31-10-19(22,23)24)14(9-28-17)12(7-25)8-26/h4-9,18,25H,3,10,26-27H2,1-2H3,(H,28,30)/b12-8+,13-4-,16-5-,25-7?,29-11+. The summed E-state index contributed by atoms with van der Waals surface area (Å²) < 4.78 is 67.9. The summed E-state index contributed by atoms with van der Waals surface area (Å²) in [7, 11) is 0. The molecule has 0 saturated carbocycles. The van der Waals surface area contributed by atoms with E-state index in [4.69, 9.17) is 21.6 Å². The van der Waals surface area contributed by atoms with E-state index >= 15 is 0 Å². The maximum Gasteiger partial charge on any atom is 0.422 e. The number of ether oxygens (including phenoxy) is 1. The van der Waals surface area contributed by atoms with Gasteiger partial charge in [0.25, 0.3) is 6.43 Å². The number of rotatable bonds is 10. The van der Waals surface area contributed by atoms with Crippen LogP contribution in [-0.2, 0) is 0 Å². The molecule has 0 bridgehead atoms. The fraction of sp³-hybridized carbons (Fsp3) is 0.316. The summed E-state index contributed by atoms with van der Waals surface area (Å²) in [5.41, 5.74) is 11.1. The Morgan fingerprint density at radius 3 is 2.58 bits per heavy atom. The predicted molar refractivity (Wildman–Crippen MR) is 110 cm³/mol. The van der Waals surface area contributed by atoms with Crippen molar-refractivity contribution in [3.63, 3.8) is 0 Å². The van der Waals surface area contributed by atoms with E-state index in [1.807, 2.05) is 0 Å². The summed E-state index contributed by atoms with van der Waals surface area (Å²) in [4.78, 5) is 7.66. The predicted octanol–water partition coefficient (Wildman–Crippen LogP) is 4.20. The zero-order valence-corrected chi connectivity index (χ0v) is 16.8. The lowest BCUT2D eigenvalue weighted by Crippen LogP contribution is -2.20. The molecule has 0 atom stereocenters. The molecule has 1 aromatic rings. The summed E-state index contributed by atoms with van der Waals surface area (Å²) in [6, 6.07) is 1.19. The minimum atomic E-state index is -4.59. The van der Waals surface area contributed by atoms with Gasteiger partial charge in [0.2, 0.25) is 0 Å². The molecule has 0 saturated heterocycles. The van der Waals surface area contributed by atoms with E-state index in [0.717, 1.165) is 19.3 Å². The third-order valence-corrected chi connectivity index (χ3v) is 3.52. The molecule has 1 rings (SSSR count). The van der Waals surface area contributed by atoms with Gasteiger partial charge in [-0.05, 0) is 13.3 Å². The van der Waals surface area contributed by atoms with Crippen LogP contribution in [0, 0.1) is 5.41 Å². The second kappa shape index (κ2) is 11.7. The highest BCUT2D eigenvalue weighted by Crippen LogP contribution is 2.29. The number of nitrogens with zero attached hydrogens (tertiary/aromatic N) is 2. The fourth-order valence-corrected chi connectivity index (χ4v) is 2.17. The zero-order valence-electron chi connectivity index (χ0n) is 16.8. The van der Waals surface area contributed by atoms with Crippen LogP contribution in [0.15, 0.2) is 47.1 Å². The molecule has 0 spiro atoms. The molecule has 0 unspecified atom stereocenters. The van der Waals surface area contributed by atoms with Gasteiger partial charge in [0.05, 0.1) is 5.71 Å². The smallest absolute Gasteiger partial charge is 0.422 e. The van der Waals surface area contributed by atoms with E-state index in [1.165, 1.54) is 18.3 Å². The largest absolute Gasteiger partial charge is 0.483 e. The molecule has 0 aromatic carbocycles. The molecule has 0 aliphatic carbocycles. The van der Waals surface area contributed by atoms with Crippen molar-refractivity contribution in [2.45, 2.75) is 32.9 Å². The molecule has 0 aliphatic rings. The van der Waals surface area contributed by atoms with Gasteiger partial charge in [0.15, 0.2) is 6.61 Å². The van der Waals surface area contributed by atoms with Crippen molar-refractivity contribution in [2.75, 3.05) is 11.9 Å². The normalized spacial score (nSPS) is 14.1. The molecule has 0 fully saturated rings. The molecule has 170 valence electrons.